The van der Waals surface area contributed by atoms with Gasteiger partial charge in [0.1, 0.15) is 5.69 Å². The van der Waals surface area contributed by atoms with Crippen LogP contribution < -0.4 is 15.1 Å². The number of hydrogen-bond donors (Lipinski definition) is 1. The monoisotopic (exact) mass is 585 g/mol. The maximum atomic E-state index is 13.1. The Hall–Kier alpha value is -3.53. The number of pyridine rings is 1. The molecule has 0 radical (unpaired) electrons. The van der Waals surface area contributed by atoms with Gasteiger partial charge in [-0.15, -0.1) is 0 Å². The second-order valence-corrected chi connectivity index (χ2v) is 10.0. The maximum Gasteiger partial charge on any atom is 0.416 e. The van der Waals surface area contributed by atoms with Crippen LogP contribution in [-0.2, 0) is 19.1 Å². The molecule has 1 amide bonds. The topological polar surface area (TPSA) is 52.9 Å². The largest absolute Gasteiger partial charge is 0.416 e. The average Bonchev–Trinajstić information content (AvgIpc) is 3.32. The van der Waals surface area contributed by atoms with Crippen molar-refractivity contribution in [3.63, 3.8) is 0 Å². The number of aryl methyl sites for hydroxylation is 1. The highest BCUT2D eigenvalue weighted by molar-refractivity contribution is 9.10. The number of halogens is 4. The summed E-state index contributed by atoms with van der Waals surface area (Å²) in [6, 6.07) is 17.2. The van der Waals surface area contributed by atoms with Gasteiger partial charge < -0.3 is 15.1 Å². The highest BCUT2D eigenvalue weighted by atomic mass is 79.9. The van der Waals surface area contributed by atoms with Gasteiger partial charge in [-0.3, -0.25) is 9.20 Å². The number of alkyl halides is 3. The van der Waals surface area contributed by atoms with Crippen LogP contribution in [0.25, 0.3) is 5.65 Å². The Morgan fingerprint density at radius 2 is 1.53 bits per heavy atom. The molecule has 1 aliphatic heterocycles. The van der Waals surface area contributed by atoms with Crippen molar-refractivity contribution in [2.75, 3.05) is 36.0 Å². The number of nitrogens with one attached hydrogen (secondary N) is 1. The van der Waals surface area contributed by atoms with Crippen molar-refractivity contribution in [2.24, 2.45) is 0 Å². The molecule has 4 aromatic rings. The lowest BCUT2D eigenvalue weighted by atomic mass is 10.1. The molecule has 3 heterocycles. The first-order valence-corrected chi connectivity index (χ1v) is 13.2. The SMILES string of the molecule is CCc1nc2c(Br)cccn2c1C(=O)NCc1ccc(N2CCN(c3ccc(C(F)(F)F)cc3)CC2)cc1. The summed E-state index contributed by atoms with van der Waals surface area (Å²) >= 11 is 3.50. The molecular weight excluding hydrogens is 559 g/mol. The first-order chi connectivity index (χ1) is 18.2. The van der Waals surface area contributed by atoms with Crippen LogP contribution in [0.2, 0.25) is 0 Å². The van der Waals surface area contributed by atoms with Gasteiger partial charge in [-0.05, 0) is 76.4 Å². The summed E-state index contributed by atoms with van der Waals surface area (Å²) in [5.74, 6) is -0.170. The second-order valence-electron chi connectivity index (χ2n) is 9.18. The number of benzene rings is 2. The molecule has 1 saturated heterocycles. The third-order valence-corrected chi connectivity index (χ3v) is 7.44. The van der Waals surface area contributed by atoms with Gasteiger partial charge in [0.15, 0.2) is 5.65 Å². The van der Waals surface area contributed by atoms with Crippen molar-refractivity contribution in [1.29, 1.82) is 0 Å². The lowest BCUT2D eigenvalue weighted by Crippen LogP contribution is -2.46. The van der Waals surface area contributed by atoms with Crippen LogP contribution in [0.4, 0.5) is 24.5 Å². The fourth-order valence-corrected chi connectivity index (χ4v) is 5.18. The number of piperazine rings is 1. The van der Waals surface area contributed by atoms with Crippen molar-refractivity contribution in [1.82, 2.24) is 14.7 Å². The zero-order chi connectivity index (χ0) is 26.9. The summed E-state index contributed by atoms with van der Waals surface area (Å²) in [5, 5.41) is 3.02. The first kappa shape index (κ1) is 26.1. The lowest BCUT2D eigenvalue weighted by molar-refractivity contribution is -0.137. The fourth-order valence-electron chi connectivity index (χ4n) is 4.74. The van der Waals surface area contributed by atoms with Crippen molar-refractivity contribution in [2.45, 2.75) is 26.1 Å². The van der Waals surface area contributed by atoms with E-state index in [2.05, 4.69) is 36.0 Å². The molecular formula is C28H27BrF3N5O. The standard InChI is InChI=1S/C28H27BrF3N5O/c1-2-24-25(37-13-3-4-23(29)26(37)34-24)27(38)33-18-19-5-9-21(10-6-19)35-14-16-36(17-15-35)22-11-7-20(8-12-22)28(30,31)32/h3-13H,2,14-18H2,1H3,(H,33,38). The summed E-state index contributed by atoms with van der Waals surface area (Å²) in [4.78, 5) is 22.0. The Kier molecular flexibility index (Phi) is 7.34. The number of amides is 1. The van der Waals surface area contributed by atoms with Crippen LogP contribution in [0.1, 0.15) is 34.2 Å². The number of hydrogen-bond acceptors (Lipinski definition) is 4. The fraction of sp³-hybridized carbons (Fsp3) is 0.286. The molecule has 0 aliphatic carbocycles. The minimum absolute atomic E-state index is 0.170. The maximum absolute atomic E-state index is 13.1. The normalized spacial score (nSPS) is 14.2. The summed E-state index contributed by atoms with van der Waals surface area (Å²) < 4.78 is 41.2. The Morgan fingerprint density at radius 1 is 0.947 bits per heavy atom. The molecule has 1 aliphatic rings. The van der Waals surface area contributed by atoms with E-state index in [-0.39, 0.29) is 5.91 Å². The van der Waals surface area contributed by atoms with Crippen LogP contribution in [-0.4, -0.2) is 41.5 Å². The number of aromatic nitrogens is 2. The molecule has 2 aromatic carbocycles. The number of carbonyl (C=O) groups excluding carboxylic acids is 1. The minimum atomic E-state index is -4.32. The first-order valence-electron chi connectivity index (χ1n) is 12.4. The third-order valence-electron chi connectivity index (χ3n) is 6.82. The molecule has 6 nitrogen and oxygen atoms in total. The summed E-state index contributed by atoms with van der Waals surface area (Å²) in [6.07, 6.45) is -1.83. The van der Waals surface area contributed by atoms with Crippen molar-refractivity contribution in [3.8, 4) is 0 Å². The van der Waals surface area contributed by atoms with E-state index in [1.165, 1.54) is 12.1 Å². The van der Waals surface area contributed by atoms with E-state index < -0.39 is 11.7 Å². The highest BCUT2D eigenvalue weighted by Crippen LogP contribution is 2.31. The molecule has 0 bridgehead atoms. The number of nitrogens with zero attached hydrogens (tertiary/aromatic N) is 4. The van der Waals surface area contributed by atoms with E-state index in [0.717, 1.165) is 71.1 Å². The molecule has 0 atom stereocenters. The quantitative estimate of drug-likeness (QED) is 0.304. The number of anilines is 2. The van der Waals surface area contributed by atoms with Gasteiger partial charge in [-0.25, -0.2) is 4.98 Å². The number of imidazole rings is 1. The molecule has 0 spiro atoms. The van der Waals surface area contributed by atoms with Crippen LogP contribution in [0, 0.1) is 0 Å². The molecule has 198 valence electrons. The van der Waals surface area contributed by atoms with E-state index in [9.17, 15) is 18.0 Å². The lowest BCUT2D eigenvalue weighted by Gasteiger charge is -2.37. The van der Waals surface area contributed by atoms with Gasteiger partial charge in [-0.2, -0.15) is 13.2 Å². The van der Waals surface area contributed by atoms with E-state index in [4.69, 9.17) is 0 Å². The van der Waals surface area contributed by atoms with Crippen LogP contribution in [0.3, 0.4) is 0 Å². The smallest absolute Gasteiger partial charge is 0.368 e. The van der Waals surface area contributed by atoms with Crippen molar-refractivity contribution in [3.05, 3.63) is 93.8 Å². The molecule has 38 heavy (non-hydrogen) atoms. The van der Waals surface area contributed by atoms with Gasteiger partial charge >= 0.3 is 6.18 Å². The Balaban J connectivity index is 1.18. The summed E-state index contributed by atoms with van der Waals surface area (Å²) in [7, 11) is 0. The van der Waals surface area contributed by atoms with E-state index in [1.54, 1.807) is 0 Å². The molecule has 1 fully saturated rings. The van der Waals surface area contributed by atoms with E-state index >= 15 is 0 Å². The average molecular weight is 586 g/mol. The summed E-state index contributed by atoms with van der Waals surface area (Å²) in [5.41, 5.74) is 4.25. The number of carbonyl (C=O) groups is 1. The molecule has 5 rings (SSSR count). The van der Waals surface area contributed by atoms with Gasteiger partial charge in [-0.1, -0.05) is 19.1 Å². The van der Waals surface area contributed by atoms with Gasteiger partial charge in [0.05, 0.1) is 15.7 Å². The molecule has 0 saturated carbocycles. The minimum Gasteiger partial charge on any atom is -0.368 e. The third kappa shape index (κ3) is 5.36. The van der Waals surface area contributed by atoms with Gasteiger partial charge in [0, 0.05) is 50.3 Å². The Bertz CT molecular complexity index is 1430. The zero-order valence-electron chi connectivity index (χ0n) is 20.8. The van der Waals surface area contributed by atoms with Crippen molar-refractivity contribution >= 4 is 38.9 Å². The van der Waals surface area contributed by atoms with Crippen LogP contribution in [0.5, 0.6) is 0 Å². The highest BCUT2D eigenvalue weighted by Gasteiger charge is 2.30. The molecule has 10 heteroatoms. The van der Waals surface area contributed by atoms with Gasteiger partial charge in [0.25, 0.3) is 5.91 Å². The Labute approximate surface area is 227 Å². The summed E-state index contributed by atoms with van der Waals surface area (Å²) in [6.45, 7) is 5.35. The Morgan fingerprint density at radius 3 is 2.08 bits per heavy atom. The van der Waals surface area contributed by atoms with E-state index in [0.29, 0.717) is 18.7 Å². The number of fused-ring (bicyclic) bond motifs is 1. The van der Waals surface area contributed by atoms with Crippen LogP contribution >= 0.6 is 15.9 Å². The van der Waals surface area contributed by atoms with E-state index in [1.807, 2.05) is 53.9 Å². The molecule has 0 unspecified atom stereocenters. The molecule has 1 N–H and O–H groups in total. The number of rotatable bonds is 6. The zero-order valence-corrected chi connectivity index (χ0v) is 22.4. The van der Waals surface area contributed by atoms with Crippen molar-refractivity contribution < 1.29 is 18.0 Å². The molecule has 2 aromatic heterocycles. The second kappa shape index (κ2) is 10.7. The van der Waals surface area contributed by atoms with Gasteiger partial charge in [0.2, 0.25) is 0 Å². The van der Waals surface area contributed by atoms with Crippen LogP contribution in [0.15, 0.2) is 71.3 Å². The predicted octanol–water partition coefficient (Wildman–Crippen LogP) is 5.93. The predicted molar refractivity (Wildman–Crippen MR) is 146 cm³/mol.